The Bertz CT molecular complexity index is 745. The van der Waals surface area contributed by atoms with Gasteiger partial charge < -0.3 is 9.64 Å². The zero-order chi connectivity index (χ0) is 15.7. The number of hydrogen-bond acceptors (Lipinski definition) is 2. The molecule has 0 bridgehead atoms. The molecule has 0 unspecified atom stereocenters. The Kier molecular flexibility index (Phi) is 3.41. The minimum absolute atomic E-state index is 0.0818. The molecule has 0 radical (unpaired) electrons. The number of para-hydroxylation sites is 1. The van der Waals surface area contributed by atoms with Gasteiger partial charge in [0.25, 0.3) is 0 Å². The van der Waals surface area contributed by atoms with Crippen LogP contribution in [0.1, 0.15) is 11.1 Å². The van der Waals surface area contributed by atoms with Gasteiger partial charge in [0.15, 0.2) is 0 Å². The van der Waals surface area contributed by atoms with Crippen molar-refractivity contribution in [3.05, 3.63) is 71.8 Å². The minimum atomic E-state index is 0.0818. The minimum Gasteiger partial charge on any atom is -0.493 e. The van der Waals surface area contributed by atoms with Crippen LogP contribution in [0, 0.1) is 5.41 Å². The highest BCUT2D eigenvalue weighted by Gasteiger charge is 2.47. The van der Waals surface area contributed by atoms with Crippen molar-refractivity contribution in [3.8, 4) is 5.75 Å². The molecule has 23 heavy (non-hydrogen) atoms. The van der Waals surface area contributed by atoms with E-state index in [1.165, 1.54) is 5.56 Å². The van der Waals surface area contributed by atoms with Gasteiger partial charge in [-0.2, -0.15) is 0 Å². The quantitative estimate of drug-likeness (QED) is 0.798. The highest BCUT2D eigenvalue weighted by molar-refractivity contribution is 5.92. The number of fused-ring (bicyclic) bond motifs is 1. The lowest BCUT2D eigenvalue weighted by molar-refractivity contribution is -0.140. The average Bonchev–Trinajstić information content (AvgIpc) is 2.58. The predicted octanol–water partition coefficient (Wildman–Crippen LogP) is 3.16. The van der Waals surface area contributed by atoms with Gasteiger partial charge in [-0.25, -0.2) is 0 Å². The first-order chi connectivity index (χ1) is 11.2. The number of carbonyl (C=O) groups excluding carboxylic acids is 1. The lowest BCUT2D eigenvalue weighted by Gasteiger charge is -2.51. The summed E-state index contributed by atoms with van der Waals surface area (Å²) in [6.07, 6.45) is 4.54. The summed E-state index contributed by atoms with van der Waals surface area (Å²) in [4.78, 5) is 14.2. The van der Waals surface area contributed by atoms with Crippen LogP contribution in [-0.4, -0.2) is 30.5 Å². The summed E-state index contributed by atoms with van der Waals surface area (Å²) in [5.41, 5.74) is 2.40. The Balaban J connectivity index is 1.38. The number of likely N-dealkylation sites (tertiary alicyclic amines) is 1. The summed E-state index contributed by atoms with van der Waals surface area (Å²) in [5.74, 6) is 1.07. The van der Waals surface area contributed by atoms with Gasteiger partial charge >= 0.3 is 0 Å². The van der Waals surface area contributed by atoms with Gasteiger partial charge in [-0.3, -0.25) is 4.79 Å². The molecule has 3 heteroatoms. The molecule has 3 nitrogen and oxygen atoms in total. The summed E-state index contributed by atoms with van der Waals surface area (Å²) in [6, 6.07) is 18.1. The van der Waals surface area contributed by atoms with E-state index in [0.717, 1.165) is 30.8 Å². The maximum atomic E-state index is 12.3. The van der Waals surface area contributed by atoms with Gasteiger partial charge in [0.05, 0.1) is 6.61 Å². The standard InChI is InChI=1S/C20H19NO2/c22-19(11-10-16-6-2-1-3-7-16)21-13-20(14-21)12-17-8-4-5-9-18(17)23-15-20/h1-11H,12-15H2/b11-10+. The maximum absolute atomic E-state index is 12.3. The van der Waals surface area contributed by atoms with E-state index in [4.69, 9.17) is 4.74 Å². The highest BCUT2D eigenvalue weighted by atomic mass is 16.5. The summed E-state index contributed by atoms with van der Waals surface area (Å²) < 4.78 is 5.88. The second kappa shape index (κ2) is 5.58. The van der Waals surface area contributed by atoms with E-state index in [0.29, 0.717) is 6.61 Å². The number of rotatable bonds is 2. The van der Waals surface area contributed by atoms with Gasteiger partial charge in [-0.1, -0.05) is 48.5 Å². The van der Waals surface area contributed by atoms with Crippen molar-refractivity contribution < 1.29 is 9.53 Å². The van der Waals surface area contributed by atoms with E-state index in [-0.39, 0.29) is 11.3 Å². The zero-order valence-electron chi connectivity index (χ0n) is 12.9. The molecule has 0 aliphatic carbocycles. The molecule has 1 spiro atoms. The normalized spacial score (nSPS) is 18.3. The van der Waals surface area contributed by atoms with Crippen LogP contribution in [0.3, 0.4) is 0 Å². The molecule has 116 valence electrons. The largest absolute Gasteiger partial charge is 0.493 e. The molecule has 1 saturated heterocycles. The number of carbonyl (C=O) groups is 1. The van der Waals surface area contributed by atoms with Crippen LogP contribution in [0.4, 0.5) is 0 Å². The Labute approximate surface area is 136 Å². The molecule has 2 heterocycles. The van der Waals surface area contributed by atoms with E-state index < -0.39 is 0 Å². The topological polar surface area (TPSA) is 29.5 Å². The third-order valence-electron chi connectivity index (χ3n) is 4.65. The van der Waals surface area contributed by atoms with Crippen LogP contribution >= 0.6 is 0 Å². The lowest BCUT2D eigenvalue weighted by atomic mass is 9.74. The van der Waals surface area contributed by atoms with Crippen molar-refractivity contribution in [3.63, 3.8) is 0 Å². The SMILES string of the molecule is O=C(/C=C/c1ccccc1)N1CC2(COc3ccccc3C2)C1. The number of hydrogen-bond donors (Lipinski definition) is 0. The van der Waals surface area contributed by atoms with Crippen LogP contribution in [0.25, 0.3) is 6.08 Å². The van der Waals surface area contributed by atoms with Gasteiger partial charge in [0.1, 0.15) is 5.75 Å². The third-order valence-corrected chi connectivity index (χ3v) is 4.65. The molecule has 4 rings (SSSR count). The predicted molar refractivity (Wildman–Crippen MR) is 90.1 cm³/mol. The van der Waals surface area contributed by atoms with E-state index in [1.807, 2.05) is 59.5 Å². The van der Waals surface area contributed by atoms with E-state index >= 15 is 0 Å². The van der Waals surface area contributed by atoms with Crippen molar-refractivity contribution in [1.82, 2.24) is 4.90 Å². The van der Waals surface area contributed by atoms with Gasteiger partial charge in [0, 0.05) is 24.6 Å². The van der Waals surface area contributed by atoms with Gasteiger partial charge in [-0.15, -0.1) is 0 Å². The first kappa shape index (κ1) is 14.1. The van der Waals surface area contributed by atoms with Crippen molar-refractivity contribution in [2.45, 2.75) is 6.42 Å². The number of nitrogens with zero attached hydrogens (tertiary/aromatic N) is 1. The van der Waals surface area contributed by atoms with Crippen molar-refractivity contribution in [2.24, 2.45) is 5.41 Å². The Hall–Kier alpha value is -2.55. The molecule has 1 amide bonds. The van der Waals surface area contributed by atoms with E-state index in [9.17, 15) is 4.79 Å². The van der Waals surface area contributed by atoms with E-state index in [1.54, 1.807) is 6.08 Å². The van der Waals surface area contributed by atoms with Crippen LogP contribution in [-0.2, 0) is 11.2 Å². The Morgan fingerprint density at radius 2 is 1.78 bits per heavy atom. The molecule has 0 N–H and O–H groups in total. The molecule has 2 aromatic carbocycles. The van der Waals surface area contributed by atoms with Gasteiger partial charge in [0.2, 0.25) is 5.91 Å². The maximum Gasteiger partial charge on any atom is 0.246 e. The lowest BCUT2D eigenvalue weighted by Crippen LogP contribution is -2.62. The first-order valence-corrected chi connectivity index (χ1v) is 7.97. The number of benzene rings is 2. The van der Waals surface area contributed by atoms with Crippen LogP contribution < -0.4 is 4.74 Å². The molecule has 0 saturated carbocycles. The zero-order valence-corrected chi connectivity index (χ0v) is 12.9. The molecule has 2 aliphatic heterocycles. The highest BCUT2D eigenvalue weighted by Crippen LogP contribution is 2.40. The summed E-state index contributed by atoms with van der Waals surface area (Å²) >= 11 is 0. The molecule has 0 aromatic heterocycles. The fourth-order valence-electron chi connectivity index (χ4n) is 3.44. The van der Waals surface area contributed by atoms with Crippen LogP contribution in [0.5, 0.6) is 5.75 Å². The number of ether oxygens (including phenoxy) is 1. The van der Waals surface area contributed by atoms with Crippen molar-refractivity contribution >= 4 is 12.0 Å². The first-order valence-electron chi connectivity index (χ1n) is 7.97. The molecule has 2 aromatic rings. The Morgan fingerprint density at radius 1 is 1.04 bits per heavy atom. The van der Waals surface area contributed by atoms with Crippen molar-refractivity contribution in [2.75, 3.05) is 19.7 Å². The average molecular weight is 305 g/mol. The molecular weight excluding hydrogens is 286 g/mol. The molecule has 2 aliphatic rings. The van der Waals surface area contributed by atoms with Gasteiger partial charge in [-0.05, 0) is 29.7 Å². The Morgan fingerprint density at radius 3 is 2.61 bits per heavy atom. The summed E-state index contributed by atoms with van der Waals surface area (Å²) in [7, 11) is 0. The van der Waals surface area contributed by atoms with Crippen molar-refractivity contribution in [1.29, 1.82) is 0 Å². The second-order valence-corrected chi connectivity index (χ2v) is 6.51. The van der Waals surface area contributed by atoms with E-state index in [2.05, 4.69) is 6.07 Å². The fraction of sp³-hybridized carbons (Fsp3) is 0.250. The van der Waals surface area contributed by atoms with Crippen LogP contribution in [0.2, 0.25) is 0 Å². The van der Waals surface area contributed by atoms with Crippen LogP contribution in [0.15, 0.2) is 60.7 Å². The molecule has 1 fully saturated rings. The summed E-state index contributed by atoms with van der Waals surface area (Å²) in [6.45, 7) is 2.26. The fourth-order valence-corrected chi connectivity index (χ4v) is 3.44. The monoisotopic (exact) mass is 305 g/mol. The molecular formula is C20H19NO2. The molecule has 0 atom stereocenters. The third kappa shape index (κ3) is 2.74. The number of amides is 1. The smallest absolute Gasteiger partial charge is 0.246 e. The summed E-state index contributed by atoms with van der Waals surface area (Å²) in [5, 5.41) is 0. The second-order valence-electron chi connectivity index (χ2n) is 6.51.